The number of aromatic amines is 1. The van der Waals surface area contributed by atoms with Gasteiger partial charge >= 0.3 is 0 Å². The number of carbonyl (C=O) groups is 1. The first kappa shape index (κ1) is 16.6. The van der Waals surface area contributed by atoms with Crippen LogP contribution in [-0.4, -0.2) is 58.1 Å². The SMILES string of the molecule is CC(C)[C@H]1CN(C(=O)c2n[nH]c3ccccc23)CCCN1CC1CC1. The van der Waals surface area contributed by atoms with Crippen LogP contribution in [0.25, 0.3) is 10.9 Å². The van der Waals surface area contributed by atoms with E-state index in [9.17, 15) is 4.79 Å². The Labute approximate surface area is 149 Å². The predicted octanol–water partition coefficient (Wildman–Crippen LogP) is 3.15. The molecule has 1 amide bonds. The fourth-order valence-electron chi connectivity index (χ4n) is 4.01. The predicted molar refractivity (Wildman–Crippen MR) is 99.5 cm³/mol. The van der Waals surface area contributed by atoms with E-state index in [0.717, 1.165) is 42.9 Å². The first-order valence-electron chi connectivity index (χ1n) is 9.60. The highest BCUT2D eigenvalue weighted by molar-refractivity contribution is 6.04. The van der Waals surface area contributed by atoms with Crippen LogP contribution in [0, 0.1) is 11.8 Å². The van der Waals surface area contributed by atoms with E-state index in [1.807, 2.05) is 29.2 Å². The number of rotatable bonds is 4. The van der Waals surface area contributed by atoms with Gasteiger partial charge in [-0.05, 0) is 37.2 Å². The second-order valence-corrected chi connectivity index (χ2v) is 7.97. The molecule has 0 spiro atoms. The molecule has 2 heterocycles. The van der Waals surface area contributed by atoms with Crippen molar-refractivity contribution in [2.24, 2.45) is 11.8 Å². The summed E-state index contributed by atoms with van der Waals surface area (Å²) in [5, 5.41) is 8.24. The minimum absolute atomic E-state index is 0.0661. The second-order valence-electron chi connectivity index (χ2n) is 7.97. The third kappa shape index (κ3) is 3.43. The Morgan fingerprint density at radius 2 is 2.08 bits per heavy atom. The number of carbonyl (C=O) groups excluding carboxylic acids is 1. The zero-order valence-corrected chi connectivity index (χ0v) is 15.2. The summed E-state index contributed by atoms with van der Waals surface area (Å²) in [6.45, 7) is 8.50. The molecule has 1 aromatic carbocycles. The number of fused-ring (bicyclic) bond motifs is 1. The van der Waals surface area contributed by atoms with Crippen molar-refractivity contribution in [3.63, 3.8) is 0 Å². The maximum Gasteiger partial charge on any atom is 0.275 e. The van der Waals surface area contributed by atoms with Gasteiger partial charge in [0.05, 0.1) is 5.52 Å². The van der Waals surface area contributed by atoms with Gasteiger partial charge in [0.25, 0.3) is 5.91 Å². The molecular formula is C20H28N4O. The van der Waals surface area contributed by atoms with Gasteiger partial charge in [-0.2, -0.15) is 5.10 Å². The normalized spacial score (nSPS) is 22.5. The number of aromatic nitrogens is 2. The molecule has 0 radical (unpaired) electrons. The van der Waals surface area contributed by atoms with Gasteiger partial charge in [-0.1, -0.05) is 32.0 Å². The molecule has 1 atom stereocenters. The maximum atomic E-state index is 13.2. The van der Waals surface area contributed by atoms with Crippen molar-refractivity contribution >= 4 is 16.8 Å². The summed E-state index contributed by atoms with van der Waals surface area (Å²) in [5.41, 5.74) is 1.49. The number of para-hydroxylation sites is 1. The number of hydrogen-bond donors (Lipinski definition) is 1. The number of H-pyrrole nitrogens is 1. The number of nitrogens with one attached hydrogen (secondary N) is 1. The van der Waals surface area contributed by atoms with Crippen molar-refractivity contribution in [1.29, 1.82) is 0 Å². The quantitative estimate of drug-likeness (QED) is 0.930. The summed E-state index contributed by atoms with van der Waals surface area (Å²) >= 11 is 0. The standard InChI is InChI=1S/C20H28N4O/c1-14(2)18-13-24(11-5-10-23(18)12-15-8-9-15)20(25)19-16-6-3-4-7-17(16)21-22-19/h3-4,6-7,14-15,18H,5,8-13H2,1-2H3,(H,21,22)/t18-/m1/s1. The minimum atomic E-state index is 0.0661. The first-order chi connectivity index (χ1) is 12.1. The molecule has 5 heteroatoms. The summed E-state index contributed by atoms with van der Waals surface area (Å²) in [6, 6.07) is 8.31. The largest absolute Gasteiger partial charge is 0.336 e. The van der Waals surface area contributed by atoms with Crippen LogP contribution in [0.15, 0.2) is 24.3 Å². The van der Waals surface area contributed by atoms with Crippen LogP contribution in [0.1, 0.15) is 43.6 Å². The van der Waals surface area contributed by atoms with Crippen LogP contribution in [-0.2, 0) is 0 Å². The number of hydrogen-bond acceptors (Lipinski definition) is 3. The smallest absolute Gasteiger partial charge is 0.275 e. The Hall–Kier alpha value is -1.88. The van der Waals surface area contributed by atoms with E-state index < -0.39 is 0 Å². The topological polar surface area (TPSA) is 52.2 Å². The Morgan fingerprint density at radius 3 is 2.84 bits per heavy atom. The molecule has 1 aliphatic heterocycles. The molecule has 1 saturated carbocycles. The summed E-state index contributed by atoms with van der Waals surface area (Å²) in [7, 11) is 0. The molecule has 2 fully saturated rings. The zero-order valence-electron chi connectivity index (χ0n) is 15.2. The average molecular weight is 340 g/mol. The number of benzene rings is 1. The molecule has 0 bridgehead atoms. The van der Waals surface area contributed by atoms with E-state index in [1.54, 1.807) is 0 Å². The van der Waals surface area contributed by atoms with E-state index in [-0.39, 0.29) is 5.91 Å². The van der Waals surface area contributed by atoms with Crippen molar-refractivity contribution in [2.75, 3.05) is 26.2 Å². The Morgan fingerprint density at radius 1 is 1.28 bits per heavy atom. The second kappa shape index (κ2) is 6.79. The highest BCUT2D eigenvalue weighted by Gasteiger charge is 2.34. The molecule has 25 heavy (non-hydrogen) atoms. The van der Waals surface area contributed by atoms with E-state index in [1.165, 1.54) is 19.4 Å². The molecule has 1 aliphatic carbocycles. The van der Waals surface area contributed by atoms with Gasteiger partial charge in [-0.3, -0.25) is 14.8 Å². The fourth-order valence-corrected chi connectivity index (χ4v) is 4.01. The van der Waals surface area contributed by atoms with Gasteiger partial charge in [0, 0.05) is 37.6 Å². The highest BCUT2D eigenvalue weighted by atomic mass is 16.2. The van der Waals surface area contributed by atoms with Crippen LogP contribution in [0.4, 0.5) is 0 Å². The molecular weight excluding hydrogens is 312 g/mol. The molecule has 0 unspecified atom stereocenters. The van der Waals surface area contributed by atoms with Crippen molar-refractivity contribution < 1.29 is 4.79 Å². The van der Waals surface area contributed by atoms with Crippen molar-refractivity contribution in [1.82, 2.24) is 20.0 Å². The van der Waals surface area contributed by atoms with Crippen LogP contribution >= 0.6 is 0 Å². The Bertz CT molecular complexity index is 749. The first-order valence-corrected chi connectivity index (χ1v) is 9.60. The summed E-state index contributed by atoms with van der Waals surface area (Å²) in [6.07, 6.45) is 3.80. The van der Waals surface area contributed by atoms with Crippen LogP contribution in [0.5, 0.6) is 0 Å². The van der Waals surface area contributed by atoms with Gasteiger partial charge in [0.1, 0.15) is 0 Å². The van der Waals surface area contributed by atoms with Gasteiger partial charge in [0.15, 0.2) is 5.69 Å². The van der Waals surface area contributed by atoms with E-state index >= 15 is 0 Å². The minimum Gasteiger partial charge on any atom is -0.336 e. The highest BCUT2D eigenvalue weighted by Crippen LogP contribution is 2.32. The van der Waals surface area contributed by atoms with Gasteiger partial charge < -0.3 is 4.90 Å². The van der Waals surface area contributed by atoms with Gasteiger partial charge in [-0.15, -0.1) is 0 Å². The Kier molecular flexibility index (Phi) is 4.50. The van der Waals surface area contributed by atoms with Crippen LogP contribution in [0.3, 0.4) is 0 Å². The molecule has 1 N–H and O–H groups in total. The third-order valence-corrected chi connectivity index (χ3v) is 5.67. The van der Waals surface area contributed by atoms with E-state index in [2.05, 4.69) is 28.9 Å². The molecule has 1 aromatic heterocycles. The molecule has 4 rings (SSSR count). The summed E-state index contributed by atoms with van der Waals surface area (Å²) < 4.78 is 0. The Balaban J connectivity index is 1.55. The number of nitrogens with zero attached hydrogens (tertiary/aromatic N) is 3. The average Bonchev–Trinajstić information content (AvgIpc) is 3.36. The molecule has 134 valence electrons. The third-order valence-electron chi connectivity index (χ3n) is 5.67. The fraction of sp³-hybridized carbons (Fsp3) is 0.600. The monoisotopic (exact) mass is 340 g/mol. The molecule has 2 aromatic rings. The van der Waals surface area contributed by atoms with Crippen molar-refractivity contribution in [3.8, 4) is 0 Å². The van der Waals surface area contributed by atoms with E-state index in [4.69, 9.17) is 0 Å². The molecule has 2 aliphatic rings. The lowest BCUT2D eigenvalue weighted by atomic mass is 10.0. The molecule has 1 saturated heterocycles. The van der Waals surface area contributed by atoms with Crippen LogP contribution in [0.2, 0.25) is 0 Å². The zero-order chi connectivity index (χ0) is 17.4. The van der Waals surface area contributed by atoms with Crippen LogP contribution < -0.4 is 0 Å². The van der Waals surface area contributed by atoms with E-state index in [0.29, 0.717) is 17.7 Å². The molecule has 5 nitrogen and oxygen atoms in total. The number of amides is 1. The maximum absolute atomic E-state index is 13.2. The van der Waals surface area contributed by atoms with Gasteiger partial charge in [0.2, 0.25) is 0 Å². The van der Waals surface area contributed by atoms with Crippen molar-refractivity contribution in [2.45, 2.75) is 39.2 Å². The lowest BCUT2D eigenvalue weighted by Crippen LogP contribution is -2.46. The van der Waals surface area contributed by atoms with Crippen molar-refractivity contribution in [3.05, 3.63) is 30.0 Å². The summed E-state index contributed by atoms with van der Waals surface area (Å²) in [4.78, 5) is 17.8. The lowest BCUT2D eigenvalue weighted by Gasteiger charge is -2.34. The summed E-state index contributed by atoms with van der Waals surface area (Å²) in [5.74, 6) is 1.50. The lowest BCUT2D eigenvalue weighted by molar-refractivity contribution is 0.0700. The van der Waals surface area contributed by atoms with Gasteiger partial charge in [-0.25, -0.2) is 0 Å².